The summed E-state index contributed by atoms with van der Waals surface area (Å²) in [5.74, 6) is -0.299. The number of aromatic nitrogens is 1. The number of rotatable bonds is 16. The van der Waals surface area contributed by atoms with Crippen LogP contribution in [0, 0.1) is 10.1 Å². The molecule has 0 fully saturated rings. The summed E-state index contributed by atoms with van der Waals surface area (Å²) in [6, 6.07) is 2.95. The zero-order valence-corrected chi connectivity index (χ0v) is 21.2. The molecule has 1 aromatic heterocycles. The maximum atomic E-state index is 12.0. The van der Waals surface area contributed by atoms with Crippen LogP contribution in [0.2, 0.25) is 0 Å². The van der Waals surface area contributed by atoms with Gasteiger partial charge in [0.2, 0.25) is 5.91 Å². The molecule has 0 aromatic carbocycles. The molecule has 0 aliphatic rings. The Morgan fingerprint density at radius 2 is 2.06 bits per heavy atom. The number of nitrogens with one attached hydrogen (secondary N) is 1. The Hall–Kier alpha value is -2.13. The van der Waals surface area contributed by atoms with Gasteiger partial charge >= 0.3 is 6.16 Å². The molecule has 0 saturated carbocycles. The smallest absolute Gasteiger partial charge is 0.434 e. The molecule has 2 unspecified atom stereocenters. The van der Waals surface area contributed by atoms with E-state index in [4.69, 9.17) is 24.1 Å². The van der Waals surface area contributed by atoms with E-state index in [1.807, 2.05) is 20.8 Å². The lowest BCUT2D eigenvalue weighted by Crippen LogP contribution is -2.36. The van der Waals surface area contributed by atoms with Gasteiger partial charge in [-0.2, -0.15) is 0 Å². The summed E-state index contributed by atoms with van der Waals surface area (Å²) in [6.07, 6.45) is -0.510. The summed E-state index contributed by atoms with van der Waals surface area (Å²) in [5.41, 5.74) is -0.0781. The Kier molecular flexibility index (Phi) is 13.8. The lowest BCUT2D eigenvalue weighted by molar-refractivity contribution is -0.385. The first-order chi connectivity index (χ1) is 16.1. The molecule has 0 aliphatic heterocycles. The predicted octanol–water partition coefficient (Wildman–Crippen LogP) is 2.93. The molecule has 0 bridgehead atoms. The molecular formula is C20H31N3O9S2. The number of ether oxygens (including phenoxy) is 4. The van der Waals surface area contributed by atoms with Crippen LogP contribution >= 0.6 is 21.6 Å². The van der Waals surface area contributed by atoms with Crippen molar-refractivity contribution >= 4 is 39.3 Å². The minimum atomic E-state index is -0.960. The van der Waals surface area contributed by atoms with Gasteiger partial charge in [-0.05, 0) is 37.1 Å². The summed E-state index contributed by atoms with van der Waals surface area (Å²) in [7, 11) is 4.19. The molecule has 1 heterocycles. The van der Waals surface area contributed by atoms with E-state index in [9.17, 15) is 19.7 Å². The van der Waals surface area contributed by atoms with Gasteiger partial charge in [-0.25, -0.2) is 9.78 Å². The highest BCUT2D eigenvalue weighted by atomic mass is 33.1. The number of nitrogens with zero attached hydrogens (tertiary/aromatic N) is 2. The van der Waals surface area contributed by atoms with Crippen LogP contribution in [0.25, 0.3) is 0 Å². The van der Waals surface area contributed by atoms with Crippen molar-refractivity contribution in [1.82, 2.24) is 10.3 Å². The summed E-state index contributed by atoms with van der Waals surface area (Å²) in [6.45, 7) is 5.48. The van der Waals surface area contributed by atoms with E-state index in [0.29, 0.717) is 18.0 Å². The van der Waals surface area contributed by atoms with E-state index in [1.165, 1.54) is 41.0 Å². The number of aliphatic hydroxyl groups is 1. The zero-order valence-electron chi connectivity index (χ0n) is 19.6. The van der Waals surface area contributed by atoms with Gasteiger partial charge in [-0.15, -0.1) is 0 Å². The van der Waals surface area contributed by atoms with Crippen molar-refractivity contribution in [3.05, 3.63) is 28.4 Å². The number of pyridine rings is 1. The van der Waals surface area contributed by atoms with Crippen molar-refractivity contribution in [2.45, 2.75) is 55.8 Å². The molecule has 1 rings (SSSR count). The van der Waals surface area contributed by atoms with Gasteiger partial charge in [0.1, 0.15) is 24.4 Å². The fourth-order valence-electron chi connectivity index (χ4n) is 2.17. The van der Waals surface area contributed by atoms with Gasteiger partial charge < -0.3 is 29.4 Å². The molecule has 14 heteroatoms. The highest BCUT2D eigenvalue weighted by Crippen LogP contribution is 2.39. The number of hydrogen-bond donors (Lipinski definition) is 2. The molecule has 1 aromatic rings. The van der Waals surface area contributed by atoms with E-state index >= 15 is 0 Å². The van der Waals surface area contributed by atoms with Crippen LogP contribution in [0.15, 0.2) is 23.4 Å². The first kappa shape index (κ1) is 29.9. The van der Waals surface area contributed by atoms with Crippen LogP contribution < -0.4 is 5.32 Å². The average molecular weight is 522 g/mol. The topological polar surface area (TPSA) is 159 Å². The van der Waals surface area contributed by atoms with Gasteiger partial charge in [0.25, 0.3) is 5.69 Å². The minimum absolute atomic E-state index is 0.0421. The third kappa shape index (κ3) is 12.4. The quantitative estimate of drug-likeness (QED) is 0.108. The molecule has 34 heavy (non-hydrogen) atoms. The number of methoxy groups -OCH3 is 1. The number of hydrogen-bond acceptors (Lipinski definition) is 12. The Morgan fingerprint density at radius 1 is 1.32 bits per heavy atom. The van der Waals surface area contributed by atoms with E-state index in [1.54, 1.807) is 6.07 Å². The molecular weight excluding hydrogens is 490 g/mol. The first-order valence-electron chi connectivity index (χ1n) is 10.4. The van der Waals surface area contributed by atoms with Crippen molar-refractivity contribution in [2.75, 3.05) is 33.5 Å². The fourth-order valence-corrected chi connectivity index (χ4v) is 4.23. The number of nitro groups is 1. The predicted molar refractivity (Wildman–Crippen MR) is 126 cm³/mol. The second kappa shape index (κ2) is 15.7. The maximum Gasteiger partial charge on any atom is 0.508 e. The number of carbonyl (C=O) groups excluding carboxylic acids is 2. The summed E-state index contributed by atoms with van der Waals surface area (Å²) < 4.78 is 19.9. The number of amides is 1. The van der Waals surface area contributed by atoms with Crippen LogP contribution in [-0.4, -0.2) is 77.7 Å². The molecule has 2 N–H and O–H groups in total. The molecule has 2 atom stereocenters. The molecule has 0 radical (unpaired) electrons. The summed E-state index contributed by atoms with van der Waals surface area (Å²) in [4.78, 5) is 37.9. The van der Waals surface area contributed by atoms with Gasteiger partial charge in [0, 0.05) is 24.5 Å². The van der Waals surface area contributed by atoms with E-state index in [-0.39, 0.29) is 42.6 Å². The number of aliphatic hydroxyl groups excluding tert-OH is 1. The lowest BCUT2D eigenvalue weighted by Gasteiger charge is -2.23. The van der Waals surface area contributed by atoms with Crippen molar-refractivity contribution < 1.29 is 38.6 Å². The fraction of sp³-hybridized carbons (Fsp3) is 0.650. The highest BCUT2D eigenvalue weighted by molar-refractivity contribution is 8.77. The highest BCUT2D eigenvalue weighted by Gasteiger charge is 2.22. The van der Waals surface area contributed by atoms with Crippen LogP contribution in [-0.2, 0) is 23.7 Å². The van der Waals surface area contributed by atoms with Crippen LogP contribution in [0.3, 0.4) is 0 Å². The summed E-state index contributed by atoms with van der Waals surface area (Å²) in [5, 5.41) is 23.2. The molecule has 12 nitrogen and oxygen atoms in total. The van der Waals surface area contributed by atoms with Crippen molar-refractivity contribution in [1.29, 1.82) is 0 Å². The summed E-state index contributed by atoms with van der Waals surface area (Å²) >= 11 is 0. The Labute approximate surface area is 206 Å². The minimum Gasteiger partial charge on any atom is -0.434 e. The molecule has 0 aliphatic carbocycles. The standard InChI is InChI=1S/C20H31N3O9S2/c1-5-15(11-24)32-18(29-4)12-31-19(26)30-9-8-16(25)22-13-20(2,3)34-33-17-7-6-14(10-21-17)23(27)28/h6-7,10,15,18,24H,5,8-9,11-13H2,1-4H3,(H,22,25). The van der Waals surface area contributed by atoms with Gasteiger partial charge in [0.05, 0.1) is 24.1 Å². The van der Waals surface area contributed by atoms with E-state index in [0.717, 1.165) is 0 Å². The number of carbonyl (C=O) groups is 2. The Balaban J connectivity index is 2.26. The van der Waals surface area contributed by atoms with E-state index in [2.05, 4.69) is 10.3 Å². The second-order valence-corrected chi connectivity index (χ2v) is 10.3. The van der Waals surface area contributed by atoms with E-state index < -0.39 is 23.5 Å². The lowest BCUT2D eigenvalue weighted by atomic mass is 10.2. The normalized spacial score (nSPS) is 13.1. The SMILES string of the molecule is CCC(CO)OC(COC(=O)OCCC(=O)NCC(C)(C)SSc1ccc([N+](=O)[O-])cn1)OC. The third-order valence-electron chi connectivity index (χ3n) is 4.15. The van der Waals surface area contributed by atoms with Gasteiger partial charge in [0.15, 0.2) is 6.29 Å². The van der Waals surface area contributed by atoms with Gasteiger partial charge in [-0.3, -0.25) is 14.9 Å². The van der Waals surface area contributed by atoms with Crippen molar-refractivity contribution in [3.8, 4) is 0 Å². The van der Waals surface area contributed by atoms with Crippen LogP contribution in [0.4, 0.5) is 10.5 Å². The van der Waals surface area contributed by atoms with Crippen molar-refractivity contribution in [2.24, 2.45) is 0 Å². The molecule has 0 saturated heterocycles. The van der Waals surface area contributed by atoms with Gasteiger partial charge in [-0.1, -0.05) is 17.7 Å². The molecule has 192 valence electrons. The van der Waals surface area contributed by atoms with Crippen LogP contribution in [0.5, 0.6) is 0 Å². The van der Waals surface area contributed by atoms with Crippen LogP contribution in [0.1, 0.15) is 33.6 Å². The average Bonchev–Trinajstić information content (AvgIpc) is 2.82. The first-order valence-corrected chi connectivity index (χ1v) is 12.6. The molecule has 0 spiro atoms. The third-order valence-corrected chi connectivity index (χ3v) is 7.35. The Bertz CT molecular complexity index is 777. The largest absolute Gasteiger partial charge is 0.508 e. The second-order valence-electron chi connectivity index (χ2n) is 7.49. The zero-order chi connectivity index (χ0) is 25.6. The van der Waals surface area contributed by atoms with Crippen molar-refractivity contribution in [3.63, 3.8) is 0 Å². The maximum absolute atomic E-state index is 12.0. The Morgan fingerprint density at radius 3 is 2.62 bits per heavy atom. The monoisotopic (exact) mass is 521 g/mol. The molecule has 1 amide bonds.